The standard InChI is InChI=1S/C35H35N3O3S2Si/c1-4-43(39,40)37-25-28-16-12-14-26(21-28)13-11-15-27-22-29(33-32(23-27)42-34(36)38-33)24-35(2,3)44(41,30-17-7-5-8-18-30)31-19-9-6-10-20-31/h4-10,12,14,16-23,37,41H,1,13,24-25H2,2-3H3,(H2,36,38). The summed E-state index contributed by atoms with van der Waals surface area (Å²) >= 11 is 1.43. The molecule has 5 rings (SSSR count). The van der Waals surface area contributed by atoms with Crippen LogP contribution in [0.2, 0.25) is 5.04 Å². The first-order valence-electron chi connectivity index (χ1n) is 14.2. The molecule has 0 aliphatic rings. The van der Waals surface area contributed by atoms with Crippen LogP contribution in [0.3, 0.4) is 0 Å². The van der Waals surface area contributed by atoms with Crippen LogP contribution in [0.4, 0.5) is 5.13 Å². The third kappa shape index (κ3) is 6.86. The molecule has 224 valence electrons. The van der Waals surface area contributed by atoms with Crippen LogP contribution in [0.1, 0.15) is 36.1 Å². The highest BCUT2D eigenvalue weighted by Crippen LogP contribution is 2.41. The monoisotopic (exact) mass is 637 g/mol. The van der Waals surface area contributed by atoms with Gasteiger partial charge in [0.2, 0.25) is 10.0 Å². The maximum atomic E-state index is 12.7. The fraction of sp³-hybridized carbons (Fsp3) is 0.171. The number of rotatable bonds is 10. The highest BCUT2D eigenvalue weighted by molar-refractivity contribution is 7.92. The SMILES string of the molecule is C=CS(=O)(=O)NCc1cccc(CC#Cc2cc(CC(C)(C)[Si](O)(c3ccccc3)c3ccccc3)c3nc(N)sc3c2)c1. The molecule has 0 atom stereocenters. The molecule has 0 aliphatic heterocycles. The third-order valence-electron chi connectivity index (χ3n) is 7.80. The van der Waals surface area contributed by atoms with Gasteiger partial charge in [0, 0.05) is 23.9 Å². The van der Waals surface area contributed by atoms with Crippen molar-refractivity contribution in [3.63, 3.8) is 0 Å². The van der Waals surface area contributed by atoms with Gasteiger partial charge in [0.05, 0.1) is 10.2 Å². The number of nitrogen functional groups attached to an aromatic ring is 1. The number of thiazole rings is 1. The molecule has 9 heteroatoms. The lowest BCUT2D eigenvalue weighted by molar-refractivity contribution is 0.484. The largest absolute Gasteiger partial charge is 0.424 e. The Balaban J connectivity index is 1.46. The van der Waals surface area contributed by atoms with E-state index in [4.69, 9.17) is 5.73 Å². The van der Waals surface area contributed by atoms with Gasteiger partial charge in [-0.2, -0.15) is 0 Å². The number of nitrogens with zero attached hydrogens (tertiary/aromatic N) is 1. The van der Waals surface area contributed by atoms with Crippen molar-refractivity contribution in [2.24, 2.45) is 0 Å². The molecular weight excluding hydrogens is 603 g/mol. The zero-order valence-electron chi connectivity index (χ0n) is 24.7. The van der Waals surface area contributed by atoms with Crippen molar-refractivity contribution >= 4 is 55.4 Å². The molecule has 4 N–H and O–H groups in total. The number of nitrogens with one attached hydrogen (secondary N) is 1. The second kappa shape index (κ2) is 12.9. The van der Waals surface area contributed by atoms with Crippen molar-refractivity contribution < 1.29 is 13.2 Å². The Kier molecular flexibility index (Phi) is 9.20. The van der Waals surface area contributed by atoms with E-state index in [9.17, 15) is 13.2 Å². The zero-order valence-corrected chi connectivity index (χ0v) is 27.4. The summed E-state index contributed by atoms with van der Waals surface area (Å²) in [6.07, 6.45) is 1.08. The smallest absolute Gasteiger partial charge is 0.258 e. The molecule has 0 fully saturated rings. The lowest BCUT2D eigenvalue weighted by Crippen LogP contribution is -2.65. The topological polar surface area (TPSA) is 105 Å². The molecule has 44 heavy (non-hydrogen) atoms. The van der Waals surface area contributed by atoms with E-state index < -0.39 is 23.4 Å². The molecule has 1 heterocycles. The Bertz CT molecular complexity index is 1920. The van der Waals surface area contributed by atoms with E-state index in [1.54, 1.807) is 0 Å². The molecule has 6 nitrogen and oxygen atoms in total. The summed E-state index contributed by atoms with van der Waals surface area (Å²) < 4.78 is 26.9. The van der Waals surface area contributed by atoms with Crippen LogP contribution in [-0.4, -0.2) is 26.5 Å². The minimum absolute atomic E-state index is 0.180. The highest BCUT2D eigenvalue weighted by Gasteiger charge is 2.50. The van der Waals surface area contributed by atoms with Crippen LogP contribution >= 0.6 is 11.3 Å². The second-order valence-corrected chi connectivity index (χ2v) is 18.1. The lowest BCUT2D eigenvalue weighted by atomic mass is 9.98. The van der Waals surface area contributed by atoms with Crippen molar-refractivity contribution in [1.29, 1.82) is 0 Å². The third-order valence-corrected chi connectivity index (χ3v) is 14.1. The number of fused-ring (bicyclic) bond motifs is 1. The fourth-order valence-electron chi connectivity index (χ4n) is 5.57. The van der Waals surface area contributed by atoms with Crippen LogP contribution < -0.4 is 20.8 Å². The predicted molar refractivity (Wildman–Crippen MR) is 185 cm³/mol. The summed E-state index contributed by atoms with van der Waals surface area (Å²) in [6, 6.07) is 31.8. The molecule has 0 bridgehead atoms. The minimum Gasteiger partial charge on any atom is -0.424 e. The van der Waals surface area contributed by atoms with Crippen LogP contribution in [0.5, 0.6) is 0 Å². The Morgan fingerprint density at radius 2 is 1.61 bits per heavy atom. The minimum atomic E-state index is -3.50. The van der Waals surface area contributed by atoms with Gasteiger partial charge in [-0.3, -0.25) is 0 Å². The number of nitrogens with two attached hydrogens (primary N) is 1. The Hall–Kier alpha value is -4.04. The highest BCUT2D eigenvalue weighted by atomic mass is 32.2. The van der Waals surface area contributed by atoms with Crippen molar-refractivity contribution in [1.82, 2.24) is 9.71 Å². The number of sulfonamides is 1. The van der Waals surface area contributed by atoms with Gasteiger partial charge in [0.1, 0.15) is 0 Å². The normalized spacial score (nSPS) is 12.1. The van der Waals surface area contributed by atoms with E-state index in [0.717, 1.165) is 48.3 Å². The van der Waals surface area contributed by atoms with Crippen molar-refractivity contribution in [2.45, 2.75) is 38.3 Å². The molecule has 5 aromatic rings. The van der Waals surface area contributed by atoms with E-state index in [0.29, 0.717) is 18.0 Å². The Labute approximate surface area is 264 Å². The average Bonchev–Trinajstić information content (AvgIpc) is 3.41. The molecular formula is C35H35N3O3S2Si. The molecule has 0 unspecified atom stereocenters. The maximum Gasteiger partial charge on any atom is 0.258 e. The first-order valence-corrected chi connectivity index (χ1v) is 18.5. The van der Waals surface area contributed by atoms with Gasteiger partial charge in [-0.15, -0.1) is 0 Å². The first kappa shape index (κ1) is 31.4. The Morgan fingerprint density at radius 3 is 2.25 bits per heavy atom. The predicted octanol–water partition coefficient (Wildman–Crippen LogP) is 5.11. The van der Waals surface area contributed by atoms with Crippen molar-refractivity contribution in [3.8, 4) is 11.8 Å². The van der Waals surface area contributed by atoms with Gasteiger partial charge in [-0.1, -0.05) is 129 Å². The van der Waals surface area contributed by atoms with E-state index >= 15 is 0 Å². The van der Waals surface area contributed by atoms with Crippen LogP contribution in [0.25, 0.3) is 10.2 Å². The number of anilines is 1. The summed E-state index contributed by atoms with van der Waals surface area (Å²) in [6.45, 7) is 7.79. The van der Waals surface area contributed by atoms with Crippen molar-refractivity contribution in [2.75, 3.05) is 5.73 Å². The molecule has 0 saturated heterocycles. The van der Waals surface area contributed by atoms with Gasteiger partial charge >= 0.3 is 0 Å². The van der Waals surface area contributed by atoms with Crippen LogP contribution in [0, 0.1) is 11.8 Å². The number of benzene rings is 4. The Morgan fingerprint density at radius 1 is 0.977 bits per heavy atom. The number of hydrogen-bond acceptors (Lipinski definition) is 6. The lowest BCUT2D eigenvalue weighted by Gasteiger charge is -2.41. The van der Waals surface area contributed by atoms with Gasteiger partial charge in [0.25, 0.3) is 8.32 Å². The van der Waals surface area contributed by atoms with Gasteiger partial charge < -0.3 is 10.5 Å². The molecule has 0 radical (unpaired) electrons. The summed E-state index contributed by atoms with van der Waals surface area (Å²) in [5.41, 5.74) is 10.7. The first-order chi connectivity index (χ1) is 21.0. The fourth-order valence-corrected chi connectivity index (χ4v) is 10.6. The maximum absolute atomic E-state index is 12.7. The molecule has 0 aliphatic carbocycles. The van der Waals surface area contributed by atoms with Gasteiger partial charge in [-0.05, 0) is 50.7 Å². The molecule has 0 saturated carbocycles. The molecule has 0 amide bonds. The summed E-state index contributed by atoms with van der Waals surface area (Å²) in [5, 5.41) is 2.80. The zero-order chi connectivity index (χ0) is 31.4. The summed E-state index contributed by atoms with van der Waals surface area (Å²) in [5.74, 6) is 6.60. The van der Waals surface area contributed by atoms with Crippen LogP contribution in [0.15, 0.2) is 109 Å². The van der Waals surface area contributed by atoms with Gasteiger partial charge in [-0.25, -0.2) is 18.1 Å². The average molecular weight is 638 g/mol. The quantitative estimate of drug-likeness (QED) is 0.146. The summed E-state index contributed by atoms with van der Waals surface area (Å²) in [4.78, 5) is 17.4. The van der Waals surface area contributed by atoms with E-state index in [2.05, 4.69) is 48.0 Å². The molecule has 1 aromatic heterocycles. The second-order valence-electron chi connectivity index (χ2n) is 11.4. The van der Waals surface area contributed by atoms with Gasteiger partial charge in [0.15, 0.2) is 5.13 Å². The van der Waals surface area contributed by atoms with E-state index in [1.165, 1.54) is 11.3 Å². The van der Waals surface area contributed by atoms with Crippen molar-refractivity contribution in [3.05, 3.63) is 131 Å². The van der Waals surface area contributed by atoms with Crippen LogP contribution in [-0.2, 0) is 29.4 Å². The van der Waals surface area contributed by atoms with E-state index in [-0.39, 0.29) is 6.54 Å². The number of aromatic nitrogens is 1. The van der Waals surface area contributed by atoms with E-state index in [1.807, 2.05) is 91.0 Å². The summed E-state index contributed by atoms with van der Waals surface area (Å²) in [7, 11) is -6.74. The molecule has 0 spiro atoms. The number of hydrogen-bond donors (Lipinski definition) is 3. The molecule has 4 aromatic carbocycles.